The van der Waals surface area contributed by atoms with Gasteiger partial charge < -0.3 is 14.7 Å². The number of hydrogen-bond acceptors (Lipinski definition) is 5. The predicted octanol–water partition coefficient (Wildman–Crippen LogP) is 0.577. The Morgan fingerprint density at radius 1 is 1.33 bits per heavy atom. The molecule has 0 aromatic rings. The number of nitrogens with one attached hydrogen (secondary N) is 1. The molecule has 0 aromatic carbocycles. The van der Waals surface area contributed by atoms with Crippen LogP contribution in [-0.2, 0) is 24.3 Å². The first-order valence-electron chi connectivity index (χ1n) is 8.31. The molecule has 0 bridgehead atoms. The Morgan fingerprint density at radius 3 is 2.67 bits per heavy atom. The Bertz CT molecular complexity index is 520. The second kappa shape index (κ2) is 9.95. The van der Waals surface area contributed by atoms with Crippen molar-refractivity contribution in [2.75, 3.05) is 25.4 Å². The number of likely N-dealkylation sites (tertiary alicyclic amines) is 1. The number of piperidine rings is 1. The zero-order chi connectivity index (χ0) is 18.2. The summed E-state index contributed by atoms with van der Waals surface area (Å²) in [4.78, 5) is 24.6. The summed E-state index contributed by atoms with van der Waals surface area (Å²) in [5.74, 6) is -1.39. The average molecular weight is 364 g/mol. The summed E-state index contributed by atoms with van der Waals surface area (Å²) in [7, 11) is -3.57. The summed E-state index contributed by atoms with van der Waals surface area (Å²) in [5.41, 5.74) is 0. The van der Waals surface area contributed by atoms with Crippen LogP contribution in [0.3, 0.4) is 0 Å². The molecular formula is C15H28N2O6S. The lowest BCUT2D eigenvalue weighted by atomic mass is 9.98. The van der Waals surface area contributed by atoms with Gasteiger partial charge in [0.1, 0.15) is 0 Å². The van der Waals surface area contributed by atoms with Crippen LogP contribution in [-0.4, -0.2) is 67.9 Å². The minimum Gasteiger partial charge on any atom is -0.481 e. The van der Waals surface area contributed by atoms with Gasteiger partial charge >= 0.3 is 5.97 Å². The standard InChI is InChI=1S/C15H28N2O6S/c1-12(2)23-9-10-24(21,22)16-11-14(18)17-8-4-3-5-13(17)6-7-15(19)20/h12-13,16H,3-11H2,1-2H3,(H,19,20). The van der Waals surface area contributed by atoms with E-state index in [1.54, 1.807) is 4.90 Å². The van der Waals surface area contributed by atoms with Crippen molar-refractivity contribution in [2.45, 2.75) is 58.1 Å². The summed E-state index contributed by atoms with van der Waals surface area (Å²) in [6.45, 7) is 3.95. The van der Waals surface area contributed by atoms with Gasteiger partial charge in [-0.25, -0.2) is 13.1 Å². The number of carboxylic acid groups (broad SMARTS) is 1. The van der Waals surface area contributed by atoms with E-state index in [2.05, 4.69) is 4.72 Å². The fourth-order valence-corrected chi connectivity index (χ4v) is 3.46. The van der Waals surface area contributed by atoms with Crippen molar-refractivity contribution >= 4 is 21.9 Å². The first-order valence-corrected chi connectivity index (χ1v) is 9.96. The third-order valence-corrected chi connectivity index (χ3v) is 5.17. The van der Waals surface area contributed by atoms with E-state index in [4.69, 9.17) is 9.84 Å². The lowest BCUT2D eigenvalue weighted by Crippen LogP contribution is -2.48. The van der Waals surface area contributed by atoms with Crippen LogP contribution >= 0.6 is 0 Å². The Morgan fingerprint density at radius 2 is 2.04 bits per heavy atom. The third kappa shape index (κ3) is 8.07. The van der Waals surface area contributed by atoms with Gasteiger partial charge in [-0.1, -0.05) is 0 Å². The van der Waals surface area contributed by atoms with Crippen LogP contribution in [0.1, 0.15) is 46.0 Å². The fraction of sp³-hybridized carbons (Fsp3) is 0.867. The molecular weight excluding hydrogens is 336 g/mol. The van der Waals surface area contributed by atoms with Crippen molar-refractivity contribution in [1.82, 2.24) is 9.62 Å². The van der Waals surface area contributed by atoms with Crippen molar-refractivity contribution in [3.8, 4) is 0 Å². The van der Waals surface area contributed by atoms with Crippen LogP contribution in [0.5, 0.6) is 0 Å². The maximum atomic E-state index is 12.3. The second-order valence-electron chi connectivity index (χ2n) is 6.23. The van der Waals surface area contributed by atoms with Gasteiger partial charge in [0.15, 0.2) is 0 Å². The first-order chi connectivity index (χ1) is 11.2. The number of rotatable bonds is 10. The zero-order valence-electron chi connectivity index (χ0n) is 14.4. The molecule has 1 fully saturated rings. The van der Waals surface area contributed by atoms with E-state index in [0.717, 1.165) is 19.3 Å². The third-order valence-electron chi connectivity index (χ3n) is 3.89. The van der Waals surface area contributed by atoms with E-state index < -0.39 is 16.0 Å². The Kier molecular flexibility index (Phi) is 8.65. The summed E-state index contributed by atoms with van der Waals surface area (Å²) in [5, 5.41) is 8.79. The number of carboxylic acids is 1. The molecule has 1 aliphatic rings. The molecule has 1 amide bonds. The van der Waals surface area contributed by atoms with E-state index >= 15 is 0 Å². The smallest absolute Gasteiger partial charge is 0.303 e. The Hall–Kier alpha value is -1.19. The normalized spacial score (nSPS) is 18.8. The molecule has 2 N–H and O–H groups in total. The number of aliphatic carboxylic acids is 1. The topological polar surface area (TPSA) is 113 Å². The highest BCUT2D eigenvalue weighted by atomic mass is 32.2. The quantitative estimate of drug-likeness (QED) is 0.586. The van der Waals surface area contributed by atoms with E-state index in [1.807, 2.05) is 13.8 Å². The second-order valence-corrected chi connectivity index (χ2v) is 8.16. The van der Waals surface area contributed by atoms with Gasteiger partial charge in [-0.3, -0.25) is 9.59 Å². The van der Waals surface area contributed by atoms with E-state index in [1.165, 1.54) is 0 Å². The minimum absolute atomic E-state index is 0.00666. The molecule has 8 nitrogen and oxygen atoms in total. The maximum Gasteiger partial charge on any atom is 0.303 e. The lowest BCUT2D eigenvalue weighted by Gasteiger charge is -2.35. The van der Waals surface area contributed by atoms with Gasteiger partial charge in [-0.15, -0.1) is 0 Å². The number of sulfonamides is 1. The van der Waals surface area contributed by atoms with Gasteiger partial charge in [-0.05, 0) is 39.5 Å². The molecule has 140 valence electrons. The number of carbonyl (C=O) groups excluding carboxylic acids is 1. The number of amides is 1. The summed E-state index contributed by atoms with van der Waals surface area (Å²) >= 11 is 0. The molecule has 1 rings (SSSR count). The number of nitrogens with zero attached hydrogens (tertiary/aromatic N) is 1. The van der Waals surface area contributed by atoms with Crippen molar-refractivity contribution in [1.29, 1.82) is 0 Å². The van der Waals surface area contributed by atoms with Crippen molar-refractivity contribution in [2.24, 2.45) is 0 Å². The first kappa shape index (κ1) is 20.9. The van der Waals surface area contributed by atoms with Crippen LogP contribution < -0.4 is 4.72 Å². The molecule has 1 atom stereocenters. The molecule has 0 saturated carbocycles. The SMILES string of the molecule is CC(C)OCCS(=O)(=O)NCC(=O)N1CCCCC1CCC(=O)O. The Balaban J connectivity index is 2.47. The lowest BCUT2D eigenvalue weighted by molar-refractivity contribution is -0.139. The zero-order valence-corrected chi connectivity index (χ0v) is 15.2. The molecule has 1 unspecified atom stereocenters. The average Bonchev–Trinajstić information content (AvgIpc) is 2.50. The van der Waals surface area contributed by atoms with Crippen LogP contribution in [0.25, 0.3) is 0 Å². The van der Waals surface area contributed by atoms with E-state index in [-0.39, 0.29) is 43.4 Å². The molecule has 1 heterocycles. The van der Waals surface area contributed by atoms with Crippen LogP contribution in [0.15, 0.2) is 0 Å². The largest absolute Gasteiger partial charge is 0.481 e. The highest BCUT2D eigenvalue weighted by Crippen LogP contribution is 2.20. The molecule has 24 heavy (non-hydrogen) atoms. The molecule has 1 aliphatic heterocycles. The molecule has 9 heteroatoms. The monoisotopic (exact) mass is 364 g/mol. The van der Waals surface area contributed by atoms with Crippen molar-refractivity contribution in [3.05, 3.63) is 0 Å². The van der Waals surface area contributed by atoms with Gasteiger partial charge in [0, 0.05) is 19.0 Å². The van der Waals surface area contributed by atoms with Gasteiger partial charge in [0.25, 0.3) is 0 Å². The fourth-order valence-electron chi connectivity index (χ4n) is 2.66. The number of ether oxygens (including phenoxy) is 1. The molecule has 0 aliphatic carbocycles. The minimum atomic E-state index is -3.57. The van der Waals surface area contributed by atoms with Crippen LogP contribution in [0, 0.1) is 0 Å². The summed E-state index contributed by atoms with van der Waals surface area (Å²) in [6, 6.07) is -0.129. The van der Waals surface area contributed by atoms with Gasteiger partial charge in [0.05, 0.1) is 25.0 Å². The maximum absolute atomic E-state index is 12.3. The highest BCUT2D eigenvalue weighted by molar-refractivity contribution is 7.89. The van der Waals surface area contributed by atoms with Crippen molar-refractivity contribution < 1.29 is 27.9 Å². The Labute approximate surface area is 143 Å². The van der Waals surface area contributed by atoms with Gasteiger partial charge in [-0.2, -0.15) is 0 Å². The number of carbonyl (C=O) groups is 2. The van der Waals surface area contributed by atoms with E-state index in [9.17, 15) is 18.0 Å². The highest BCUT2D eigenvalue weighted by Gasteiger charge is 2.27. The van der Waals surface area contributed by atoms with Crippen LogP contribution in [0.4, 0.5) is 0 Å². The van der Waals surface area contributed by atoms with Crippen LogP contribution in [0.2, 0.25) is 0 Å². The molecule has 0 aromatic heterocycles. The molecule has 0 radical (unpaired) electrons. The van der Waals surface area contributed by atoms with E-state index in [0.29, 0.717) is 13.0 Å². The van der Waals surface area contributed by atoms with Gasteiger partial charge in [0.2, 0.25) is 15.9 Å². The summed E-state index contributed by atoms with van der Waals surface area (Å²) in [6.07, 6.45) is 2.91. The predicted molar refractivity (Wildman–Crippen MR) is 89.1 cm³/mol. The molecule has 0 spiro atoms. The number of hydrogen-bond donors (Lipinski definition) is 2. The van der Waals surface area contributed by atoms with Crippen molar-refractivity contribution in [3.63, 3.8) is 0 Å². The molecule has 1 saturated heterocycles. The summed E-state index contributed by atoms with van der Waals surface area (Å²) < 4.78 is 31.2.